The number of hydrogen-bond donors (Lipinski definition) is 0. The van der Waals surface area contributed by atoms with Crippen molar-refractivity contribution in [1.29, 1.82) is 0 Å². The van der Waals surface area contributed by atoms with Gasteiger partial charge in [0, 0.05) is 6.07 Å². The third kappa shape index (κ3) is 3.34. The SMILES string of the molecule is CCCOc1ccccc1Oc1cc(Cl)ncn1. The van der Waals surface area contributed by atoms with Crippen molar-refractivity contribution < 1.29 is 9.47 Å². The minimum absolute atomic E-state index is 0.340. The van der Waals surface area contributed by atoms with Crippen molar-refractivity contribution in [2.75, 3.05) is 6.61 Å². The fourth-order valence-corrected chi connectivity index (χ4v) is 1.49. The van der Waals surface area contributed by atoms with Crippen LogP contribution in [0.2, 0.25) is 5.15 Å². The van der Waals surface area contributed by atoms with E-state index in [1.54, 1.807) is 6.07 Å². The molecule has 1 aromatic heterocycles. The first-order chi connectivity index (χ1) is 8.79. The number of ether oxygens (including phenoxy) is 2. The highest BCUT2D eigenvalue weighted by molar-refractivity contribution is 6.29. The molecule has 0 N–H and O–H groups in total. The predicted molar refractivity (Wildman–Crippen MR) is 69.3 cm³/mol. The smallest absolute Gasteiger partial charge is 0.223 e. The number of para-hydroxylation sites is 2. The number of halogens is 1. The number of hydrogen-bond acceptors (Lipinski definition) is 4. The van der Waals surface area contributed by atoms with Crippen LogP contribution in [0, 0.1) is 0 Å². The molecule has 0 fully saturated rings. The van der Waals surface area contributed by atoms with Crippen molar-refractivity contribution in [2.24, 2.45) is 0 Å². The molecule has 0 spiro atoms. The van der Waals surface area contributed by atoms with E-state index in [-0.39, 0.29) is 0 Å². The van der Waals surface area contributed by atoms with Gasteiger partial charge in [-0.05, 0) is 18.6 Å². The summed E-state index contributed by atoms with van der Waals surface area (Å²) < 4.78 is 11.2. The Balaban J connectivity index is 2.17. The van der Waals surface area contributed by atoms with Crippen molar-refractivity contribution in [3.8, 4) is 17.4 Å². The Morgan fingerprint density at radius 2 is 1.94 bits per heavy atom. The Morgan fingerprint density at radius 3 is 2.67 bits per heavy atom. The lowest BCUT2D eigenvalue weighted by molar-refractivity contribution is 0.300. The summed E-state index contributed by atoms with van der Waals surface area (Å²) in [4.78, 5) is 7.78. The van der Waals surface area contributed by atoms with E-state index in [0.717, 1.165) is 6.42 Å². The third-order valence-electron chi connectivity index (χ3n) is 2.13. The zero-order chi connectivity index (χ0) is 12.8. The summed E-state index contributed by atoms with van der Waals surface area (Å²) in [5.74, 6) is 1.69. The minimum atomic E-state index is 0.340. The summed E-state index contributed by atoms with van der Waals surface area (Å²) in [6, 6.07) is 8.99. The highest BCUT2D eigenvalue weighted by Gasteiger charge is 2.06. The molecule has 2 aromatic rings. The van der Waals surface area contributed by atoms with Crippen LogP contribution < -0.4 is 9.47 Å². The monoisotopic (exact) mass is 264 g/mol. The van der Waals surface area contributed by atoms with Gasteiger partial charge >= 0.3 is 0 Å². The molecular formula is C13H13ClN2O2. The Bertz CT molecular complexity index is 520. The van der Waals surface area contributed by atoms with Gasteiger partial charge in [-0.25, -0.2) is 9.97 Å². The fraction of sp³-hybridized carbons (Fsp3) is 0.231. The molecule has 0 saturated heterocycles. The molecule has 5 heteroatoms. The second-order valence-electron chi connectivity index (χ2n) is 3.58. The highest BCUT2D eigenvalue weighted by atomic mass is 35.5. The number of aromatic nitrogens is 2. The lowest BCUT2D eigenvalue weighted by Gasteiger charge is -2.10. The van der Waals surface area contributed by atoms with Crippen molar-refractivity contribution in [1.82, 2.24) is 9.97 Å². The van der Waals surface area contributed by atoms with Crippen LogP contribution in [0.1, 0.15) is 13.3 Å². The quantitative estimate of drug-likeness (QED) is 0.772. The van der Waals surface area contributed by atoms with Crippen molar-refractivity contribution in [3.05, 3.63) is 41.8 Å². The van der Waals surface area contributed by atoms with Gasteiger partial charge in [0.2, 0.25) is 5.88 Å². The second-order valence-corrected chi connectivity index (χ2v) is 3.96. The van der Waals surface area contributed by atoms with Crippen LogP contribution in [0.4, 0.5) is 0 Å². The molecule has 94 valence electrons. The first-order valence-electron chi connectivity index (χ1n) is 5.67. The first kappa shape index (κ1) is 12.6. The maximum atomic E-state index is 5.77. The molecule has 0 aliphatic rings. The summed E-state index contributed by atoms with van der Waals surface area (Å²) in [6.45, 7) is 2.69. The van der Waals surface area contributed by atoms with Gasteiger partial charge in [-0.3, -0.25) is 0 Å². The largest absolute Gasteiger partial charge is 0.490 e. The van der Waals surface area contributed by atoms with Crippen LogP contribution >= 0.6 is 11.6 Å². The van der Waals surface area contributed by atoms with E-state index in [1.807, 2.05) is 31.2 Å². The van der Waals surface area contributed by atoms with Crippen LogP contribution in [0.15, 0.2) is 36.7 Å². The lowest BCUT2D eigenvalue weighted by Crippen LogP contribution is -1.97. The standard InChI is InChI=1S/C13H13ClN2O2/c1-2-7-17-10-5-3-4-6-11(10)18-13-8-12(14)15-9-16-13/h3-6,8-9H,2,7H2,1H3. The molecule has 4 nitrogen and oxygen atoms in total. The Morgan fingerprint density at radius 1 is 1.17 bits per heavy atom. The van der Waals surface area contributed by atoms with Gasteiger partial charge in [-0.1, -0.05) is 30.7 Å². The Kier molecular flexibility index (Phi) is 4.36. The molecule has 1 aromatic carbocycles. The zero-order valence-corrected chi connectivity index (χ0v) is 10.7. The normalized spacial score (nSPS) is 10.1. The van der Waals surface area contributed by atoms with E-state index in [2.05, 4.69) is 9.97 Å². The van der Waals surface area contributed by atoms with E-state index in [9.17, 15) is 0 Å². The molecule has 0 atom stereocenters. The Hall–Kier alpha value is -1.81. The van der Waals surface area contributed by atoms with E-state index in [4.69, 9.17) is 21.1 Å². The maximum Gasteiger partial charge on any atom is 0.223 e. The number of nitrogens with zero attached hydrogens (tertiary/aromatic N) is 2. The molecule has 0 aliphatic heterocycles. The Labute approximate surface area is 111 Å². The summed E-state index contributed by atoms with van der Waals surface area (Å²) in [7, 11) is 0. The molecule has 1 heterocycles. The topological polar surface area (TPSA) is 44.2 Å². The van der Waals surface area contributed by atoms with Gasteiger partial charge in [-0.2, -0.15) is 0 Å². The summed E-state index contributed by atoms with van der Waals surface area (Å²) >= 11 is 5.77. The van der Waals surface area contributed by atoms with Gasteiger partial charge in [-0.15, -0.1) is 0 Å². The molecule has 18 heavy (non-hydrogen) atoms. The maximum absolute atomic E-state index is 5.77. The molecule has 0 saturated carbocycles. The van der Waals surface area contributed by atoms with Crippen LogP contribution in [0.5, 0.6) is 17.4 Å². The van der Waals surface area contributed by atoms with E-state index in [0.29, 0.717) is 29.1 Å². The van der Waals surface area contributed by atoms with Crippen molar-refractivity contribution in [2.45, 2.75) is 13.3 Å². The molecular weight excluding hydrogens is 252 g/mol. The minimum Gasteiger partial charge on any atom is -0.490 e. The molecule has 0 amide bonds. The molecule has 2 rings (SSSR count). The predicted octanol–water partition coefficient (Wildman–Crippen LogP) is 3.71. The van der Waals surface area contributed by atoms with Crippen LogP contribution in [0.3, 0.4) is 0 Å². The van der Waals surface area contributed by atoms with Crippen LogP contribution in [0.25, 0.3) is 0 Å². The second kappa shape index (κ2) is 6.21. The van der Waals surface area contributed by atoms with E-state index < -0.39 is 0 Å². The van der Waals surface area contributed by atoms with Gasteiger partial charge in [0.1, 0.15) is 11.5 Å². The van der Waals surface area contributed by atoms with Crippen LogP contribution in [-0.2, 0) is 0 Å². The number of benzene rings is 1. The van der Waals surface area contributed by atoms with Gasteiger partial charge in [0.15, 0.2) is 11.5 Å². The average molecular weight is 265 g/mol. The van der Waals surface area contributed by atoms with Crippen LogP contribution in [-0.4, -0.2) is 16.6 Å². The molecule has 0 radical (unpaired) electrons. The average Bonchev–Trinajstić information content (AvgIpc) is 2.38. The van der Waals surface area contributed by atoms with E-state index >= 15 is 0 Å². The molecule has 0 unspecified atom stereocenters. The summed E-state index contributed by atoms with van der Waals surface area (Å²) in [5, 5.41) is 0.340. The number of rotatable bonds is 5. The van der Waals surface area contributed by atoms with Crippen molar-refractivity contribution in [3.63, 3.8) is 0 Å². The molecule has 0 aliphatic carbocycles. The third-order valence-corrected chi connectivity index (χ3v) is 2.34. The van der Waals surface area contributed by atoms with E-state index in [1.165, 1.54) is 6.33 Å². The summed E-state index contributed by atoms with van der Waals surface area (Å²) in [6.07, 6.45) is 2.29. The highest BCUT2D eigenvalue weighted by Crippen LogP contribution is 2.30. The lowest BCUT2D eigenvalue weighted by atomic mass is 10.3. The van der Waals surface area contributed by atoms with Gasteiger partial charge in [0.25, 0.3) is 0 Å². The van der Waals surface area contributed by atoms with Crippen molar-refractivity contribution >= 4 is 11.6 Å². The van der Waals surface area contributed by atoms with Gasteiger partial charge < -0.3 is 9.47 Å². The van der Waals surface area contributed by atoms with Gasteiger partial charge in [0.05, 0.1) is 6.61 Å². The summed E-state index contributed by atoms with van der Waals surface area (Å²) in [5.41, 5.74) is 0. The zero-order valence-electron chi connectivity index (χ0n) is 9.97. The first-order valence-corrected chi connectivity index (χ1v) is 6.04. The molecule has 0 bridgehead atoms. The fourth-order valence-electron chi connectivity index (χ4n) is 1.35.